The molecule has 132 valence electrons. The molecule has 1 heterocycles. The van der Waals surface area contributed by atoms with Gasteiger partial charge in [0.15, 0.2) is 8.24 Å². The van der Waals surface area contributed by atoms with Gasteiger partial charge in [-0.05, 0) is 19.6 Å². The number of imidazole rings is 1. The van der Waals surface area contributed by atoms with Crippen LogP contribution in [0, 0.1) is 0 Å². The standard InChI is InChI=1S/C15H33N3O2Si3/c1-21(2,3)17-14(15(19)20-23(7,8)9)10-13-11-18(12-16-13)22(4,5)6/h11-12,14,17H,10H2,1-9H3/t14-/m0/s1. The molecule has 1 aromatic heterocycles. The molecule has 23 heavy (non-hydrogen) atoms. The molecule has 0 fully saturated rings. The lowest BCUT2D eigenvalue weighted by molar-refractivity contribution is -0.137. The summed E-state index contributed by atoms with van der Waals surface area (Å²) in [6, 6.07) is -0.307. The third kappa shape index (κ3) is 7.60. The minimum Gasteiger partial charge on any atom is -0.519 e. The first-order valence-electron chi connectivity index (χ1n) is 8.21. The Hall–Kier alpha value is -0.709. The second-order valence-corrected chi connectivity index (χ2v) is 23.2. The molecule has 1 rings (SSSR count). The smallest absolute Gasteiger partial charge is 0.309 e. The Balaban J connectivity index is 2.93. The lowest BCUT2D eigenvalue weighted by atomic mass is 10.2. The number of nitrogens with one attached hydrogen (secondary N) is 1. The molecule has 1 aromatic rings. The Bertz CT molecular complexity index is 539. The van der Waals surface area contributed by atoms with Gasteiger partial charge in [0.1, 0.15) is 14.3 Å². The van der Waals surface area contributed by atoms with E-state index in [-0.39, 0.29) is 12.0 Å². The summed E-state index contributed by atoms with van der Waals surface area (Å²) in [7, 11) is -4.94. The first-order chi connectivity index (χ1) is 10.2. The van der Waals surface area contributed by atoms with Crippen molar-refractivity contribution in [2.75, 3.05) is 0 Å². The number of hydrogen-bond acceptors (Lipinski definition) is 4. The minimum absolute atomic E-state index is 0.130. The van der Waals surface area contributed by atoms with Crippen LogP contribution in [-0.4, -0.2) is 46.0 Å². The zero-order chi connectivity index (χ0) is 18.1. The van der Waals surface area contributed by atoms with Gasteiger partial charge in [0.05, 0.1) is 12.0 Å². The Kier molecular flexibility index (Phi) is 6.22. The summed E-state index contributed by atoms with van der Waals surface area (Å²) < 4.78 is 7.95. The highest BCUT2D eigenvalue weighted by molar-refractivity contribution is 6.74. The third-order valence-electron chi connectivity index (χ3n) is 3.12. The molecule has 1 N–H and O–H groups in total. The Morgan fingerprint density at radius 3 is 2.13 bits per heavy atom. The predicted molar refractivity (Wildman–Crippen MR) is 104 cm³/mol. The van der Waals surface area contributed by atoms with E-state index in [1.807, 2.05) is 26.0 Å². The van der Waals surface area contributed by atoms with Gasteiger partial charge in [-0.2, -0.15) is 0 Å². The maximum atomic E-state index is 12.6. The summed E-state index contributed by atoms with van der Waals surface area (Å²) in [4.78, 5) is 20.6. The van der Waals surface area contributed by atoms with E-state index in [0.29, 0.717) is 6.42 Å². The highest BCUT2D eigenvalue weighted by atomic mass is 28.4. The first kappa shape index (κ1) is 20.3. The highest BCUT2D eigenvalue weighted by Gasteiger charge is 2.31. The van der Waals surface area contributed by atoms with E-state index in [2.05, 4.69) is 59.7 Å². The first-order valence-corrected chi connectivity index (χ1v) is 18.6. The van der Waals surface area contributed by atoms with Crippen LogP contribution in [0.2, 0.25) is 58.9 Å². The molecule has 0 aliphatic rings. The lowest BCUT2D eigenvalue weighted by Crippen LogP contribution is -2.54. The Morgan fingerprint density at radius 1 is 1.17 bits per heavy atom. The fraction of sp³-hybridized carbons (Fsp3) is 0.733. The zero-order valence-electron chi connectivity index (χ0n) is 16.2. The number of aromatic nitrogens is 2. The molecular weight excluding hydrogens is 338 g/mol. The molecule has 0 radical (unpaired) electrons. The molecule has 0 aliphatic heterocycles. The second kappa shape index (κ2) is 7.04. The molecule has 5 nitrogen and oxygen atoms in total. The molecule has 0 bridgehead atoms. The summed E-state index contributed by atoms with van der Waals surface area (Å²) in [5, 5.41) is 0. The largest absolute Gasteiger partial charge is 0.519 e. The van der Waals surface area contributed by atoms with E-state index in [1.165, 1.54) is 0 Å². The van der Waals surface area contributed by atoms with Crippen molar-refractivity contribution in [1.82, 2.24) is 14.2 Å². The molecule has 0 aromatic carbocycles. The van der Waals surface area contributed by atoms with Gasteiger partial charge >= 0.3 is 5.97 Å². The molecule has 0 saturated carbocycles. The van der Waals surface area contributed by atoms with Crippen LogP contribution < -0.4 is 4.98 Å². The number of carbonyl (C=O) groups excluding carboxylic acids is 1. The third-order valence-corrected chi connectivity index (χ3v) is 6.94. The van der Waals surface area contributed by atoms with Crippen LogP contribution in [0.4, 0.5) is 0 Å². The van der Waals surface area contributed by atoms with Crippen molar-refractivity contribution in [2.45, 2.75) is 71.4 Å². The summed E-state index contributed by atoms with van der Waals surface area (Å²) >= 11 is 0. The van der Waals surface area contributed by atoms with Crippen molar-refractivity contribution in [3.63, 3.8) is 0 Å². The maximum absolute atomic E-state index is 12.6. The van der Waals surface area contributed by atoms with E-state index < -0.39 is 24.8 Å². The van der Waals surface area contributed by atoms with Gasteiger partial charge in [0.25, 0.3) is 0 Å². The second-order valence-electron chi connectivity index (χ2n) is 9.13. The van der Waals surface area contributed by atoms with Gasteiger partial charge in [-0.1, -0.05) is 39.3 Å². The fourth-order valence-corrected chi connectivity index (χ4v) is 5.09. The average molecular weight is 372 g/mol. The Morgan fingerprint density at radius 2 is 1.74 bits per heavy atom. The molecule has 0 spiro atoms. The number of hydrogen-bond donors (Lipinski definition) is 1. The Labute approximate surface area is 144 Å². The topological polar surface area (TPSA) is 56.2 Å². The van der Waals surface area contributed by atoms with Crippen molar-refractivity contribution >= 4 is 30.8 Å². The normalized spacial score (nSPS) is 14.7. The summed E-state index contributed by atoms with van der Waals surface area (Å²) in [6.07, 6.45) is 4.58. The van der Waals surface area contributed by atoms with Crippen LogP contribution >= 0.6 is 0 Å². The van der Waals surface area contributed by atoms with Crippen molar-refractivity contribution in [2.24, 2.45) is 0 Å². The molecule has 0 unspecified atom stereocenters. The van der Waals surface area contributed by atoms with Crippen LogP contribution in [0.3, 0.4) is 0 Å². The van der Waals surface area contributed by atoms with Gasteiger partial charge in [-0.25, -0.2) is 4.98 Å². The zero-order valence-corrected chi connectivity index (χ0v) is 19.2. The van der Waals surface area contributed by atoms with E-state index in [4.69, 9.17) is 4.43 Å². The molecule has 0 amide bonds. The van der Waals surface area contributed by atoms with Gasteiger partial charge in [0, 0.05) is 12.6 Å². The summed E-state index contributed by atoms with van der Waals surface area (Å²) in [6.45, 7) is 19.5. The monoisotopic (exact) mass is 371 g/mol. The number of nitrogens with zero attached hydrogens (tertiary/aromatic N) is 2. The average Bonchev–Trinajstić information content (AvgIpc) is 2.72. The van der Waals surface area contributed by atoms with Crippen molar-refractivity contribution in [1.29, 1.82) is 0 Å². The minimum atomic E-state index is -1.89. The van der Waals surface area contributed by atoms with Crippen LogP contribution in [0.25, 0.3) is 0 Å². The number of rotatable bonds is 7. The number of carbonyl (C=O) groups is 1. The molecule has 8 heteroatoms. The van der Waals surface area contributed by atoms with Crippen LogP contribution in [0.15, 0.2) is 12.5 Å². The van der Waals surface area contributed by atoms with Gasteiger partial charge in [-0.15, -0.1) is 0 Å². The lowest BCUT2D eigenvalue weighted by Gasteiger charge is -2.28. The van der Waals surface area contributed by atoms with Gasteiger partial charge in [0.2, 0.25) is 8.32 Å². The predicted octanol–water partition coefficient (Wildman–Crippen LogP) is 3.28. The van der Waals surface area contributed by atoms with E-state index in [9.17, 15) is 4.79 Å². The maximum Gasteiger partial charge on any atom is 0.309 e. The van der Waals surface area contributed by atoms with Crippen LogP contribution in [-0.2, 0) is 15.6 Å². The SMILES string of the molecule is C[Si](C)(C)N[C@@H](Cc1cn([Si](C)(C)C)cn1)C(=O)O[Si](C)(C)C. The molecular formula is C15H33N3O2Si3. The highest BCUT2D eigenvalue weighted by Crippen LogP contribution is 2.13. The van der Waals surface area contributed by atoms with E-state index >= 15 is 0 Å². The summed E-state index contributed by atoms with van der Waals surface area (Å²) in [5.74, 6) is -0.130. The van der Waals surface area contributed by atoms with Crippen LogP contribution in [0.5, 0.6) is 0 Å². The van der Waals surface area contributed by atoms with E-state index in [0.717, 1.165) is 5.69 Å². The molecule has 1 atom stereocenters. The molecule has 0 aliphatic carbocycles. The quantitative estimate of drug-likeness (QED) is 0.747. The van der Waals surface area contributed by atoms with Crippen molar-refractivity contribution in [3.8, 4) is 0 Å². The van der Waals surface area contributed by atoms with E-state index in [1.54, 1.807) is 0 Å². The molecule has 0 saturated heterocycles. The van der Waals surface area contributed by atoms with Gasteiger partial charge < -0.3 is 13.6 Å². The van der Waals surface area contributed by atoms with Crippen LogP contribution in [0.1, 0.15) is 5.69 Å². The van der Waals surface area contributed by atoms with Crippen molar-refractivity contribution < 1.29 is 9.22 Å². The van der Waals surface area contributed by atoms with Crippen molar-refractivity contribution in [3.05, 3.63) is 18.2 Å². The van der Waals surface area contributed by atoms with Gasteiger partial charge in [-0.3, -0.25) is 4.79 Å². The summed E-state index contributed by atoms with van der Waals surface area (Å²) in [5.41, 5.74) is 0.954. The fourth-order valence-electron chi connectivity index (χ4n) is 2.13.